The predicted octanol–water partition coefficient (Wildman–Crippen LogP) is -1.09. The van der Waals surface area contributed by atoms with Gasteiger partial charge in [-0.2, -0.15) is 0 Å². The summed E-state index contributed by atoms with van der Waals surface area (Å²) in [7, 11) is 0. The van der Waals surface area contributed by atoms with E-state index in [1.807, 2.05) is 5.43 Å². The molecule has 1 fully saturated rings. The van der Waals surface area contributed by atoms with Crippen LogP contribution in [-0.4, -0.2) is 69.5 Å². The first-order valence-corrected chi connectivity index (χ1v) is 6.97. The number of nitrogen functional groups attached to an aromatic ring is 1. The molecular formula is C12H23N7O. The number of nitrogens with zero attached hydrogens (tertiary/aromatic N) is 5. The van der Waals surface area contributed by atoms with Crippen LogP contribution >= 0.6 is 0 Å². The van der Waals surface area contributed by atoms with Crippen molar-refractivity contribution in [1.29, 1.82) is 0 Å². The van der Waals surface area contributed by atoms with Gasteiger partial charge in [0.1, 0.15) is 0 Å². The average molecular weight is 281 g/mol. The van der Waals surface area contributed by atoms with E-state index in [1.165, 1.54) is 0 Å². The van der Waals surface area contributed by atoms with Gasteiger partial charge in [-0.25, -0.2) is 5.84 Å². The minimum absolute atomic E-state index is 0.247. The lowest BCUT2D eigenvalue weighted by molar-refractivity contribution is 0.0948. The van der Waals surface area contributed by atoms with Gasteiger partial charge < -0.3 is 0 Å². The topological polar surface area (TPSA) is 92.3 Å². The zero-order valence-corrected chi connectivity index (χ0v) is 12.1. The summed E-state index contributed by atoms with van der Waals surface area (Å²) in [5.41, 5.74) is 2.29. The summed E-state index contributed by atoms with van der Waals surface area (Å²) < 4.78 is 1.68. The number of nitrogens with one attached hydrogen (secondary N) is 1. The summed E-state index contributed by atoms with van der Waals surface area (Å²) in [6.07, 6.45) is 1.62. The number of carbonyl (C=O) groups is 1. The van der Waals surface area contributed by atoms with Gasteiger partial charge in [0.15, 0.2) is 5.69 Å². The molecule has 0 spiro atoms. The van der Waals surface area contributed by atoms with E-state index in [0.29, 0.717) is 6.04 Å². The molecule has 0 unspecified atom stereocenters. The van der Waals surface area contributed by atoms with Gasteiger partial charge in [0.2, 0.25) is 0 Å². The third-order valence-electron chi connectivity index (χ3n) is 3.68. The Labute approximate surface area is 118 Å². The standard InChI is InChI=1S/C12H23N7O/c1-10(2)18-6-3-17(4-7-18)5-8-19-9-11(15-16-19)12(20)14-13/h9-10H,3-8,13H2,1-2H3,(H,14,20). The second kappa shape index (κ2) is 6.78. The lowest BCUT2D eigenvalue weighted by Gasteiger charge is -2.36. The average Bonchev–Trinajstić information content (AvgIpc) is 2.93. The van der Waals surface area contributed by atoms with E-state index in [2.05, 4.69) is 34.0 Å². The quantitative estimate of drug-likeness (QED) is 0.405. The van der Waals surface area contributed by atoms with Gasteiger partial charge in [0, 0.05) is 38.8 Å². The number of piperazine rings is 1. The highest BCUT2D eigenvalue weighted by molar-refractivity contribution is 5.91. The van der Waals surface area contributed by atoms with Gasteiger partial charge in [0.25, 0.3) is 5.91 Å². The van der Waals surface area contributed by atoms with E-state index in [-0.39, 0.29) is 5.69 Å². The molecule has 2 heterocycles. The Morgan fingerprint density at radius 2 is 2.05 bits per heavy atom. The van der Waals surface area contributed by atoms with Crippen molar-refractivity contribution in [2.75, 3.05) is 32.7 Å². The molecule has 1 saturated heterocycles. The van der Waals surface area contributed by atoms with E-state index in [9.17, 15) is 4.79 Å². The number of rotatable bonds is 5. The molecule has 8 heteroatoms. The maximum Gasteiger partial charge on any atom is 0.287 e. The number of carbonyl (C=O) groups excluding carboxylic acids is 1. The summed E-state index contributed by atoms with van der Waals surface area (Å²) in [5, 5.41) is 7.71. The van der Waals surface area contributed by atoms with Crippen LogP contribution in [0.1, 0.15) is 24.3 Å². The Morgan fingerprint density at radius 3 is 2.65 bits per heavy atom. The molecule has 2 rings (SSSR count). The lowest BCUT2D eigenvalue weighted by Crippen LogP contribution is -2.49. The molecule has 0 aromatic carbocycles. The molecule has 0 bridgehead atoms. The fraction of sp³-hybridized carbons (Fsp3) is 0.750. The molecule has 1 amide bonds. The van der Waals surface area contributed by atoms with Crippen LogP contribution < -0.4 is 11.3 Å². The molecule has 1 aromatic rings. The Kier molecular flexibility index (Phi) is 5.05. The van der Waals surface area contributed by atoms with Crippen LogP contribution in [-0.2, 0) is 6.54 Å². The normalized spacial score (nSPS) is 17.6. The summed E-state index contributed by atoms with van der Waals surface area (Å²) in [4.78, 5) is 16.2. The van der Waals surface area contributed by atoms with E-state index < -0.39 is 5.91 Å². The SMILES string of the molecule is CC(C)N1CCN(CCn2cc(C(=O)NN)nn2)CC1. The molecule has 1 aromatic heterocycles. The summed E-state index contributed by atoms with van der Waals surface area (Å²) in [6, 6.07) is 0.616. The van der Waals surface area contributed by atoms with Gasteiger partial charge in [-0.3, -0.25) is 24.7 Å². The van der Waals surface area contributed by atoms with Crippen LogP contribution in [0.2, 0.25) is 0 Å². The molecule has 3 N–H and O–H groups in total. The zero-order chi connectivity index (χ0) is 14.5. The fourth-order valence-electron chi connectivity index (χ4n) is 2.33. The van der Waals surface area contributed by atoms with Crippen molar-refractivity contribution in [3.05, 3.63) is 11.9 Å². The third kappa shape index (κ3) is 3.75. The van der Waals surface area contributed by atoms with E-state index in [1.54, 1.807) is 10.9 Å². The molecular weight excluding hydrogens is 258 g/mol. The monoisotopic (exact) mass is 281 g/mol. The molecule has 0 aliphatic carbocycles. The molecule has 112 valence electrons. The maximum absolute atomic E-state index is 11.3. The summed E-state index contributed by atoms with van der Waals surface area (Å²) in [6.45, 7) is 10.5. The lowest BCUT2D eigenvalue weighted by atomic mass is 10.2. The van der Waals surface area contributed by atoms with E-state index in [4.69, 9.17) is 5.84 Å². The third-order valence-corrected chi connectivity index (χ3v) is 3.68. The van der Waals surface area contributed by atoms with Crippen molar-refractivity contribution in [1.82, 2.24) is 30.2 Å². The molecule has 8 nitrogen and oxygen atoms in total. The first-order valence-electron chi connectivity index (χ1n) is 6.97. The smallest absolute Gasteiger partial charge is 0.287 e. The minimum Gasteiger partial charge on any atom is -0.299 e. The fourth-order valence-corrected chi connectivity index (χ4v) is 2.33. The number of hydrogen-bond acceptors (Lipinski definition) is 6. The number of aromatic nitrogens is 3. The van der Waals surface area contributed by atoms with Crippen LogP contribution in [0.3, 0.4) is 0 Å². The van der Waals surface area contributed by atoms with E-state index >= 15 is 0 Å². The number of hydrogen-bond donors (Lipinski definition) is 2. The Balaban J connectivity index is 1.76. The summed E-state index contributed by atoms with van der Waals surface area (Å²) in [5.74, 6) is 4.64. The summed E-state index contributed by atoms with van der Waals surface area (Å²) >= 11 is 0. The Morgan fingerprint density at radius 1 is 1.35 bits per heavy atom. The van der Waals surface area contributed by atoms with Crippen molar-refractivity contribution < 1.29 is 4.79 Å². The predicted molar refractivity (Wildman–Crippen MR) is 74.8 cm³/mol. The molecule has 0 atom stereocenters. The van der Waals surface area contributed by atoms with Crippen molar-refractivity contribution in [2.45, 2.75) is 26.4 Å². The first kappa shape index (κ1) is 14.9. The van der Waals surface area contributed by atoms with E-state index in [0.717, 1.165) is 39.3 Å². The minimum atomic E-state index is -0.415. The highest BCUT2D eigenvalue weighted by Crippen LogP contribution is 2.05. The van der Waals surface area contributed by atoms with Crippen LogP contribution in [0.15, 0.2) is 6.20 Å². The van der Waals surface area contributed by atoms with Crippen LogP contribution in [0.25, 0.3) is 0 Å². The highest BCUT2D eigenvalue weighted by atomic mass is 16.2. The molecule has 1 aliphatic heterocycles. The molecule has 20 heavy (non-hydrogen) atoms. The number of nitrogens with two attached hydrogens (primary N) is 1. The van der Waals surface area contributed by atoms with Gasteiger partial charge in [-0.05, 0) is 13.8 Å². The number of amides is 1. The van der Waals surface area contributed by atoms with Gasteiger partial charge >= 0.3 is 0 Å². The van der Waals surface area contributed by atoms with Crippen molar-refractivity contribution >= 4 is 5.91 Å². The molecule has 0 saturated carbocycles. The first-order chi connectivity index (χ1) is 9.60. The second-order valence-corrected chi connectivity index (χ2v) is 5.31. The van der Waals surface area contributed by atoms with Crippen molar-refractivity contribution in [3.63, 3.8) is 0 Å². The Bertz CT molecular complexity index is 437. The molecule has 1 aliphatic rings. The van der Waals surface area contributed by atoms with Gasteiger partial charge in [0.05, 0.1) is 12.7 Å². The van der Waals surface area contributed by atoms with Crippen LogP contribution in [0.5, 0.6) is 0 Å². The largest absolute Gasteiger partial charge is 0.299 e. The van der Waals surface area contributed by atoms with Crippen LogP contribution in [0, 0.1) is 0 Å². The highest BCUT2D eigenvalue weighted by Gasteiger charge is 2.18. The number of hydrazine groups is 1. The maximum atomic E-state index is 11.3. The van der Waals surface area contributed by atoms with Gasteiger partial charge in [-0.1, -0.05) is 5.21 Å². The van der Waals surface area contributed by atoms with Crippen LogP contribution in [0.4, 0.5) is 0 Å². The second-order valence-electron chi connectivity index (χ2n) is 5.31. The van der Waals surface area contributed by atoms with Crippen molar-refractivity contribution in [3.8, 4) is 0 Å². The molecule has 0 radical (unpaired) electrons. The van der Waals surface area contributed by atoms with Gasteiger partial charge in [-0.15, -0.1) is 5.10 Å². The Hall–Kier alpha value is -1.51. The van der Waals surface area contributed by atoms with Crippen molar-refractivity contribution in [2.24, 2.45) is 5.84 Å². The zero-order valence-electron chi connectivity index (χ0n) is 12.1.